The second kappa shape index (κ2) is 5.54. The van der Waals surface area contributed by atoms with E-state index in [0.29, 0.717) is 9.35 Å². The van der Waals surface area contributed by atoms with Gasteiger partial charge in [0.15, 0.2) is 0 Å². The average molecular weight is 380 g/mol. The Balaban J connectivity index is 2.37. The van der Waals surface area contributed by atoms with Crippen LogP contribution in [0.25, 0.3) is 0 Å². The molecule has 2 rings (SSSR count). The summed E-state index contributed by atoms with van der Waals surface area (Å²) in [7, 11) is -2.59. The van der Waals surface area contributed by atoms with Gasteiger partial charge in [0.1, 0.15) is 15.6 Å². The molecule has 0 spiro atoms. The van der Waals surface area contributed by atoms with Gasteiger partial charge in [-0.2, -0.15) is 5.10 Å². The van der Waals surface area contributed by atoms with Crippen LogP contribution in [0.5, 0.6) is 0 Å². The van der Waals surface area contributed by atoms with Crippen molar-refractivity contribution in [1.82, 2.24) is 10.2 Å². The molecule has 0 aromatic carbocycles. The van der Waals surface area contributed by atoms with Crippen LogP contribution in [0.1, 0.15) is 15.2 Å². The highest BCUT2D eigenvalue weighted by atomic mass is 79.9. The maximum atomic E-state index is 12.3. The predicted octanol–water partition coefficient (Wildman–Crippen LogP) is 2.13. The SMILES string of the molecule is COC(=O)c1cc(S(=O)(=O)Nc2[nH]ncc2C)c(Br)s1. The van der Waals surface area contributed by atoms with E-state index in [-0.39, 0.29) is 15.6 Å². The fourth-order valence-electron chi connectivity index (χ4n) is 1.38. The monoisotopic (exact) mass is 379 g/mol. The van der Waals surface area contributed by atoms with Gasteiger partial charge in [-0.25, -0.2) is 13.2 Å². The van der Waals surface area contributed by atoms with Gasteiger partial charge in [0, 0.05) is 5.56 Å². The number of aryl methyl sites for hydroxylation is 1. The number of aromatic nitrogens is 2. The molecular weight excluding hydrogens is 370 g/mol. The number of thiophene rings is 1. The van der Waals surface area contributed by atoms with Crippen molar-refractivity contribution < 1.29 is 17.9 Å². The van der Waals surface area contributed by atoms with Gasteiger partial charge in [0.05, 0.1) is 17.1 Å². The minimum Gasteiger partial charge on any atom is -0.465 e. The van der Waals surface area contributed by atoms with Gasteiger partial charge in [0.2, 0.25) is 0 Å². The fourth-order valence-corrected chi connectivity index (χ4v) is 4.95. The van der Waals surface area contributed by atoms with Crippen LogP contribution in [0, 0.1) is 6.92 Å². The number of aromatic amines is 1. The van der Waals surface area contributed by atoms with Crippen LogP contribution in [-0.2, 0) is 14.8 Å². The molecule has 0 fully saturated rings. The Kier molecular flexibility index (Phi) is 4.16. The molecule has 2 aromatic rings. The van der Waals surface area contributed by atoms with Gasteiger partial charge in [-0.15, -0.1) is 11.3 Å². The van der Waals surface area contributed by atoms with Gasteiger partial charge < -0.3 is 4.74 Å². The van der Waals surface area contributed by atoms with E-state index < -0.39 is 16.0 Å². The third-order valence-electron chi connectivity index (χ3n) is 2.40. The topological polar surface area (TPSA) is 101 Å². The van der Waals surface area contributed by atoms with Crippen molar-refractivity contribution in [2.75, 3.05) is 11.8 Å². The Labute approximate surface area is 127 Å². The number of H-pyrrole nitrogens is 1. The van der Waals surface area contributed by atoms with E-state index in [1.165, 1.54) is 19.4 Å². The van der Waals surface area contributed by atoms with E-state index >= 15 is 0 Å². The van der Waals surface area contributed by atoms with Crippen molar-refractivity contribution >= 4 is 49.1 Å². The summed E-state index contributed by atoms with van der Waals surface area (Å²) in [4.78, 5) is 11.6. The Morgan fingerprint density at radius 3 is 2.80 bits per heavy atom. The summed E-state index contributed by atoms with van der Waals surface area (Å²) in [5.74, 6) is -0.308. The first-order chi connectivity index (χ1) is 9.35. The number of rotatable bonds is 4. The van der Waals surface area contributed by atoms with Crippen molar-refractivity contribution in [2.24, 2.45) is 0 Å². The second-order valence-corrected chi connectivity index (χ2v) is 7.79. The van der Waals surface area contributed by atoms with Crippen LogP contribution in [0.4, 0.5) is 5.82 Å². The van der Waals surface area contributed by atoms with E-state index in [9.17, 15) is 13.2 Å². The van der Waals surface area contributed by atoms with Gasteiger partial charge in [-0.1, -0.05) is 0 Å². The molecule has 0 atom stereocenters. The van der Waals surface area contributed by atoms with Crippen molar-refractivity contribution in [3.8, 4) is 0 Å². The van der Waals surface area contributed by atoms with Crippen molar-refractivity contribution in [3.63, 3.8) is 0 Å². The standard InChI is InChI=1S/C10H10BrN3O4S2/c1-5-4-12-13-9(5)14-20(16,17)7-3-6(10(15)18-2)19-8(7)11/h3-4H,1-2H3,(H2,12,13,14). The van der Waals surface area contributed by atoms with E-state index in [4.69, 9.17) is 0 Å². The lowest BCUT2D eigenvalue weighted by molar-refractivity contribution is 0.0606. The zero-order valence-electron chi connectivity index (χ0n) is 10.4. The van der Waals surface area contributed by atoms with Gasteiger partial charge in [0.25, 0.3) is 10.0 Å². The summed E-state index contributed by atoms with van der Waals surface area (Å²) in [5.41, 5.74) is 0.660. The number of carbonyl (C=O) groups is 1. The first-order valence-corrected chi connectivity index (χ1v) is 8.35. The smallest absolute Gasteiger partial charge is 0.348 e. The minimum atomic E-state index is -3.82. The summed E-state index contributed by atoms with van der Waals surface area (Å²) < 4.78 is 31.8. The van der Waals surface area contributed by atoms with Gasteiger partial charge in [-0.3, -0.25) is 9.82 Å². The number of ether oxygens (including phenoxy) is 1. The van der Waals surface area contributed by atoms with Gasteiger partial charge >= 0.3 is 5.97 Å². The summed E-state index contributed by atoms with van der Waals surface area (Å²) in [6.45, 7) is 1.71. The first kappa shape index (κ1) is 15.0. The Bertz CT molecular complexity index is 750. The molecule has 7 nitrogen and oxygen atoms in total. The Hall–Kier alpha value is -1.39. The summed E-state index contributed by atoms with van der Waals surface area (Å²) in [5, 5.41) is 6.28. The molecule has 0 aliphatic heterocycles. The zero-order chi connectivity index (χ0) is 14.9. The lowest BCUT2D eigenvalue weighted by Crippen LogP contribution is -2.13. The fraction of sp³-hybridized carbons (Fsp3) is 0.200. The number of nitrogens with one attached hydrogen (secondary N) is 2. The molecule has 2 heterocycles. The van der Waals surface area contributed by atoms with Crippen LogP contribution < -0.4 is 4.72 Å². The molecule has 2 aromatic heterocycles. The number of esters is 1. The summed E-state index contributed by atoms with van der Waals surface area (Å²) in [6.07, 6.45) is 1.50. The highest BCUT2D eigenvalue weighted by molar-refractivity contribution is 9.11. The summed E-state index contributed by atoms with van der Waals surface area (Å²) >= 11 is 4.13. The minimum absolute atomic E-state index is 0.0306. The predicted molar refractivity (Wildman–Crippen MR) is 77.5 cm³/mol. The number of sulfonamides is 1. The molecule has 2 N–H and O–H groups in total. The molecule has 0 bridgehead atoms. The van der Waals surface area contributed by atoms with E-state index in [1.54, 1.807) is 6.92 Å². The van der Waals surface area contributed by atoms with Crippen LogP contribution in [-0.4, -0.2) is 31.7 Å². The zero-order valence-corrected chi connectivity index (χ0v) is 13.6. The number of hydrogen-bond acceptors (Lipinski definition) is 6. The second-order valence-electron chi connectivity index (χ2n) is 3.77. The Morgan fingerprint density at radius 2 is 2.25 bits per heavy atom. The van der Waals surface area contributed by atoms with Crippen LogP contribution in [0.2, 0.25) is 0 Å². The molecule has 0 unspecified atom stereocenters. The molecule has 0 saturated carbocycles. The largest absolute Gasteiger partial charge is 0.465 e. The van der Waals surface area contributed by atoms with Crippen molar-refractivity contribution in [1.29, 1.82) is 0 Å². The van der Waals surface area contributed by atoms with Crippen molar-refractivity contribution in [3.05, 3.63) is 26.5 Å². The maximum absolute atomic E-state index is 12.3. The molecule has 108 valence electrons. The van der Waals surface area contributed by atoms with E-state index in [0.717, 1.165) is 11.3 Å². The maximum Gasteiger partial charge on any atom is 0.348 e. The molecule has 0 aliphatic carbocycles. The average Bonchev–Trinajstić information content (AvgIpc) is 2.95. The third-order valence-corrected chi connectivity index (χ3v) is 5.98. The lowest BCUT2D eigenvalue weighted by atomic mass is 10.4. The molecule has 0 aliphatic rings. The molecule has 20 heavy (non-hydrogen) atoms. The number of halogens is 1. The summed E-state index contributed by atoms with van der Waals surface area (Å²) in [6, 6.07) is 1.26. The highest BCUT2D eigenvalue weighted by Gasteiger charge is 2.24. The number of hydrogen-bond donors (Lipinski definition) is 2. The van der Waals surface area contributed by atoms with Crippen LogP contribution in [0.3, 0.4) is 0 Å². The van der Waals surface area contributed by atoms with Crippen LogP contribution >= 0.6 is 27.3 Å². The first-order valence-electron chi connectivity index (χ1n) is 5.25. The van der Waals surface area contributed by atoms with Gasteiger partial charge in [-0.05, 0) is 28.9 Å². The third kappa shape index (κ3) is 2.86. The lowest BCUT2D eigenvalue weighted by Gasteiger charge is -2.05. The quantitative estimate of drug-likeness (QED) is 0.792. The number of carbonyl (C=O) groups excluding carboxylic acids is 1. The highest BCUT2D eigenvalue weighted by Crippen LogP contribution is 2.33. The molecule has 0 radical (unpaired) electrons. The van der Waals surface area contributed by atoms with E-state index in [1.807, 2.05) is 0 Å². The normalized spacial score (nSPS) is 11.3. The van der Waals surface area contributed by atoms with Crippen LogP contribution in [0.15, 0.2) is 20.9 Å². The van der Waals surface area contributed by atoms with Crippen molar-refractivity contribution in [2.45, 2.75) is 11.8 Å². The number of methoxy groups -OCH3 is 1. The number of nitrogens with zero attached hydrogens (tertiary/aromatic N) is 1. The Morgan fingerprint density at radius 1 is 1.55 bits per heavy atom. The molecule has 10 heteroatoms. The molecular formula is C10H10BrN3O4S2. The molecule has 0 saturated heterocycles. The number of anilines is 1. The van der Waals surface area contributed by atoms with E-state index in [2.05, 4.69) is 35.6 Å². The molecule has 0 amide bonds.